The molecular weight excluding hydrogens is 618 g/mol. The number of ether oxygens (including phenoxy) is 1. The number of amides is 4. The fourth-order valence-corrected chi connectivity index (χ4v) is 8.15. The number of pyridine rings is 1. The Morgan fingerprint density at radius 3 is 2.55 bits per heavy atom. The topological polar surface area (TPSA) is 121 Å². The lowest BCUT2D eigenvalue weighted by Gasteiger charge is -2.44. The second kappa shape index (κ2) is 12.3. The first-order valence-corrected chi connectivity index (χ1v) is 17.4. The van der Waals surface area contributed by atoms with Gasteiger partial charge < -0.3 is 25.2 Å². The first-order chi connectivity index (χ1) is 23.3. The van der Waals surface area contributed by atoms with Crippen molar-refractivity contribution in [3.05, 3.63) is 88.6 Å². The number of benzene rings is 2. The molecule has 2 N–H and O–H groups in total. The molecule has 4 aliphatic rings. The molecule has 1 unspecified atom stereocenters. The molecule has 1 spiro atoms. The Kier molecular flexibility index (Phi) is 8.24. The van der Waals surface area contributed by atoms with Crippen LogP contribution in [0.1, 0.15) is 87.2 Å². The van der Waals surface area contributed by atoms with Crippen molar-refractivity contribution in [2.75, 3.05) is 30.3 Å². The van der Waals surface area contributed by atoms with Gasteiger partial charge in [-0.2, -0.15) is 0 Å². The van der Waals surface area contributed by atoms with Crippen molar-refractivity contribution in [2.24, 2.45) is 5.41 Å². The monoisotopic (exact) mass is 663 g/mol. The summed E-state index contributed by atoms with van der Waals surface area (Å²) in [6.07, 6.45) is 6.03. The number of rotatable bonds is 5. The summed E-state index contributed by atoms with van der Waals surface area (Å²) >= 11 is 0. The lowest BCUT2D eigenvalue weighted by Crippen LogP contribution is -2.53. The Morgan fingerprint density at radius 2 is 1.78 bits per heavy atom. The Morgan fingerprint density at radius 1 is 1.02 bits per heavy atom. The highest BCUT2D eigenvalue weighted by Crippen LogP contribution is 2.47. The minimum Gasteiger partial charge on any atom is -0.444 e. The molecule has 0 saturated carbocycles. The molecule has 256 valence electrons. The minimum absolute atomic E-state index is 0.0460. The molecule has 3 heterocycles. The molecular formula is C39H45N5O5. The molecule has 2 aliphatic heterocycles. The fourth-order valence-electron chi connectivity index (χ4n) is 8.15. The van der Waals surface area contributed by atoms with Gasteiger partial charge in [0.05, 0.1) is 11.5 Å². The number of hydrogen-bond donors (Lipinski definition) is 2. The molecule has 10 nitrogen and oxygen atoms in total. The molecule has 10 heteroatoms. The van der Waals surface area contributed by atoms with Gasteiger partial charge in [-0.25, -0.2) is 9.78 Å². The second-order valence-electron chi connectivity index (χ2n) is 15.4. The minimum atomic E-state index is -0.736. The van der Waals surface area contributed by atoms with Gasteiger partial charge in [0.2, 0.25) is 17.7 Å². The van der Waals surface area contributed by atoms with Crippen molar-refractivity contribution in [1.82, 2.24) is 14.8 Å². The maximum atomic E-state index is 14.6. The van der Waals surface area contributed by atoms with Crippen molar-refractivity contribution < 1.29 is 23.9 Å². The third-order valence-electron chi connectivity index (χ3n) is 10.8. The van der Waals surface area contributed by atoms with Crippen molar-refractivity contribution in [3.63, 3.8) is 0 Å². The number of nitrogens with one attached hydrogen (secondary N) is 2. The van der Waals surface area contributed by atoms with Crippen LogP contribution in [0.15, 0.2) is 60.8 Å². The molecule has 2 aromatic carbocycles. The molecule has 1 saturated heterocycles. The van der Waals surface area contributed by atoms with E-state index in [1.807, 2.05) is 70.2 Å². The first kappa shape index (κ1) is 32.8. The van der Waals surface area contributed by atoms with E-state index in [0.29, 0.717) is 50.3 Å². The van der Waals surface area contributed by atoms with E-state index in [-0.39, 0.29) is 36.4 Å². The van der Waals surface area contributed by atoms with Gasteiger partial charge in [-0.15, -0.1) is 0 Å². The lowest BCUT2D eigenvalue weighted by atomic mass is 9.77. The first-order valence-electron chi connectivity index (χ1n) is 17.4. The van der Waals surface area contributed by atoms with Crippen LogP contribution in [-0.4, -0.2) is 63.8 Å². The summed E-state index contributed by atoms with van der Waals surface area (Å²) in [6, 6.07) is 17.6. The average Bonchev–Trinajstić information content (AvgIpc) is 3.59. The van der Waals surface area contributed by atoms with Crippen molar-refractivity contribution in [2.45, 2.75) is 89.7 Å². The molecule has 2 aliphatic carbocycles. The van der Waals surface area contributed by atoms with Gasteiger partial charge in [0, 0.05) is 36.0 Å². The van der Waals surface area contributed by atoms with E-state index in [9.17, 15) is 19.2 Å². The van der Waals surface area contributed by atoms with E-state index >= 15 is 0 Å². The number of anilines is 2. The van der Waals surface area contributed by atoms with Crippen LogP contribution in [0.4, 0.5) is 16.3 Å². The predicted octanol–water partition coefficient (Wildman–Crippen LogP) is 5.95. The maximum Gasteiger partial charge on any atom is 0.410 e. The number of fused-ring (bicyclic) bond motifs is 4. The second-order valence-corrected chi connectivity index (χ2v) is 15.4. The van der Waals surface area contributed by atoms with E-state index in [0.717, 1.165) is 41.5 Å². The van der Waals surface area contributed by atoms with Crippen LogP contribution in [0.3, 0.4) is 0 Å². The zero-order valence-corrected chi connectivity index (χ0v) is 28.8. The highest BCUT2D eigenvalue weighted by Gasteiger charge is 2.51. The molecule has 3 aromatic rings. The van der Waals surface area contributed by atoms with Gasteiger partial charge in [-0.3, -0.25) is 14.4 Å². The molecule has 1 fully saturated rings. The number of aryl methyl sites for hydroxylation is 1. The van der Waals surface area contributed by atoms with Crippen LogP contribution in [-0.2, 0) is 43.8 Å². The lowest BCUT2D eigenvalue weighted by molar-refractivity contribution is -0.149. The van der Waals surface area contributed by atoms with E-state index in [2.05, 4.69) is 27.8 Å². The molecule has 2 atom stereocenters. The van der Waals surface area contributed by atoms with Crippen LogP contribution in [0, 0.1) is 5.41 Å². The summed E-state index contributed by atoms with van der Waals surface area (Å²) in [4.78, 5) is 62.3. The predicted molar refractivity (Wildman–Crippen MR) is 186 cm³/mol. The summed E-state index contributed by atoms with van der Waals surface area (Å²) in [5.74, 6) is 0.234. The van der Waals surface area contributed by atoms with Crippen LogP contribution in [0.2, 0.25) is 0 Å². The standard InChI is InChI=1S/C39H45N5O5/c1-37(2,3)49-36(48)43-19-16-38(4,17-20-43)35(47)44(31-13-7-10-25-9-5-6-11-29(25)31)24-32(45)41-28-15-14-26-22-39(23-27(26)21-28)30-12-8-18-40-33(30)42-34(39)46/h5-6,8-9,11-12,14-15,18,21,31H,7,10,13,16-17,19-20,22-24H2,1-4H3,(H,41,45)(H,40,42,46)/t31-,39?/m1/s1. The van der Waals surface area contributed by atoms with E-state index < -0.39 is 16.4 Å². The average molecular weight is 664 g/mol. The van der Waals surface area contributed by atoms with Gasteiger partial charge in [0.1, 0.15) is 18.0 Å². The van der Waals surface area contributed by atoms with Crippen molar-refractivity contribution in [3.8, 4) is 0 Å². The van der Waals surface area contributed by atoms with Gasteiger partial charge in [0.25, 0.3) is 0 Å². The van der Waals surface area contributed by atoms with E-state index in [4.69, 9.17) is 4.74 Å². The van der Waals surface area contributed by atoms with Gasteiger partial charge in [-0.1, -0.05) is 43.3 Å². The number of hydrogen-bond acceptors (Lipinski definition) is 6. The summed E-state index contributed by atoms with van der Waals surface area (Å²) in [7, 11) is 0. The largest absolute Gasteiger partial charge is 0.444 e. The number of aromatic nitrogens is 1. The molecule has 0 radical (unpaired) electrons. The molecule has 49 heavy (non-hydrogen) atoms. The van der Waals surface area contributed by atoms with Crippen molar-refractivity contribution >= 4 is 35.3 Å². The van der Waals surface area contributed by atoms with E-state index in [1.165, 1.54) is 5.56 Å². The SMILES string of the molecule is CC(C)(C)OC(=O)N1CCC(C)(C(=O)N(CC(=O)Nc2ccc3c(c2)CC2(C3)C(=O)Nc3ncccc32)[C@@H]2CCCc3ccccc32)CC1. The maximum absolute atomic E-state index is 14.6. The smallest absolute Gasteiger partial charge is 0.410 e. The van der Waals surface area contributed by atoms with Gasteiger partial charge >= 0.3 is 6.09 Å². The third-order valence-corrected chi connectivity index (χ3v) is 10.8. The third kappa shape index (κ3) is 6.17. The quantitative estimate of drug-likeness (QED) is 0.348. The highest BCUT2D eigenvalue weighted by molar-refractivity contribution is 6.06. The summed E-state index contributed by atoms with van der Waals surface area (Å²) in [5.41, 5.74) is 3.92. The Balaban J connectivity index is 1.10. The Bertz CT molecular complexity index is 1820. The van der Waals surface area contributed by atoms with Crippen LogP contribution < -0.4 is 10.6 Å². The normalized spacial score (nSPS) is 22.1. The number of carbonyl (C=O) groups excluding carboxylic acids is 4. The Labute approximate surface area is 287 Å². The molecule has 0 bridgehead atoms. The summed E-state index contributed by atoms with van der Waals surface area (Å²) in [6.45, 7) is 8.23. The zero-order chi connectivity index (χ0) is 34.6. The summed E-state index contributed by atoms with van der Waals surface area (Å²) in [5, 5.41) is 6.02. The van der Waals surface area contributed by atoms with Crippen molar-refractivity contribution in [1.29, 1.82) is 0 Å². The zero-order valence-electron chi connectivity index (χ0n) is 28.8. The van der Waals surface area contributed by atoms with Crippen LogP contribution in [0.25, 0.3) is 0 Å². The van der Waals surface area contributed by atoms with Gasteiger partial charge in [0.15, 0.2) is 0 Å². The number of piperidine rings is 1. The van der Waals surface area contributed by atoms with Crippen LogP contribution >= 0.6 is 0 Å². The molecule has 1 aromatic heterocycles. The number of likely N-dealkylation sites (tertiary alicyclic amines) is 1. The molecule has 4 amide bonds. The Hall–Kier alpha value is -4.73. The van der Waals surface area contributed by atoms with Crippen LogP contribution in [0.5, 0.6) is 0 Å². The van der Waals surface area contributed by atoms with E-state index in [1.54, 1.807) is 16.0 Å². The number of carbonyl (C=O) groups is 4. The summed E-state index contributed by atoms with van der Waals surface area (Å²) < 4.78 is 5.59. The highest BCUT2D eigenvalue weighted by atomic mass is 16.6. The number of nitrogens with zero attached hydrogens (tertiary/aromatic N) is 3. The fraction of sp³-hybridized carbons (Fsp3) is 0.462. The van der Waals surface area contributed by atoms with Gasteiger partial charge in [-0.05, 0) is 106 Å². The molecule has 7 rings (SSSR count).